The van der Waals surface area contributed by atoms with Crippen molar-refractivity contribution in [3.05, 3.63) is 54.1 Å². The first-order valence-electron chi connectivity index (χ1n) is 5.88. The van der Waals surface area contributed by atoms with E-state index in [0.29, 0.717) is 11.3 Å². The second-order valence-corrected chi connectivity index (χ2v) is 4.20. The lowest BCUT2D eigenvalue weighted by Crippen LogP contribution is -2.02. The average Bonchev–Trinajstić information content (AvgIpc) is 2.42. The molecule has 1 aromatic heterocycles. The molecule has 0 spiro atoms. The molecule has 0 aliphatic carbocycles. The van der Waals surface area contributed by atoms with Crippen molar-refractivity contribution in [2.45, 2.75) is 0 Å². The van der Waals surface area contributed by atoms with E-state index < -0.39 is 11.6 Å². The van der Waals surface area contributed by atoms with E-state index >= 15 is 0 Å². The highest BCUT2D eigenvalue weighted by atomic mass is 35.5. The van der Waals surface area contributed by atoms with E-state index in [-0.39, 0.29) is 24.0 Å². The lowest BCUT2D eigenvalue weighted by molar-refractivity contribution is 0.586. The molecule has 4 nitrogen and oxygen atoms in total. The highest BCUT2D eigenvalue weighted by molar-refractivity contribution is 5.89. The fourth-order valence-electron chi connectivity index (χ4n) is 1.87. The number of benzene rings is 2. The molecular weight excluding hydrogens is 298 g/mol. The van der Waals surface area contributed by atoms with E-state index in [1.54, 1.807) is 12.1 Å². The number of halogens is 3. The molecule has 3 aromatic rings. The number of hydrogen-bond acceptors (Lipinski definition) is 4. The van der Waals surface area contributed by atoms with Crippen molar-refractivity contribution < 1.29 is 8.78 Å². The number of fused-ring (bicyclic) bond motifs is 1. The van der Waals surface area contributed by atoms with E-state index in [1.165, 1.54) is 6.07 Å². The number of nitrogens with one attached hydrogen (secondary N) is 1. The van der Waals surface area contributed by atoms with Crippen LogP contribution in [-0.2, 0) is 0 Å². The molecule has 7 heteroatoms. The Bertz CT molecular complexity index is 795. The third kappa shape index (κ3) is 3.00. The number of rotatable bonds is 2. The van der Waals surface area contributed by atoms with Crippen LogP contribution in [0.1, 0.15) is 0 Å². The summed E-state index contributed by atoms with van der Waals surface area (Å²) in [5, 5.41) is 3.41. The first-order valence-corrected chi connectivity index (χ1v) is 5.88. The van der Waals surface area contributed by atoms with Crippen LogP contribution >= 0.6 is 12.4 Å². The predicted octanol–water partition coefficient (Wildman–Crippen LogP) is 3.66. The molecular formula is C14H11ClF2N4. The summed E-state index contributed by atoms with van der Waals surface area (Å²) in [6.45, 7) is 0. The van der Waals surface area contributed by atoms with Gasteiger partial charge < -0.3 is 11.1 Å². The molecule has 0 radical (unpaired) electrons. The molecule has 0 fully saturated rings. The quantitative estimate of drug-likeness (QED) is 0.758. The minimum atomic E-state index is -0.722. The maximum Gasteiger partial charge on any atom is 0.229 e. The van der Waals surface area contributed by atoms with Gasteiger partial charge in [-0.05, 0) is 24.3 Å². The molecule has 0 saturated carbocycles. The minimum absolute atomic E-state index is 0. The third-order valence-corrected chi connectivity index (χ3v) is 2.81. The molecule has 0 aliphatic rings. The van der Waals surface area contributed by atoms with Crippen molar-refractivity contribution in [2.24, 2.45) is 0 Å². The Morgan fingerprint density at radius 1 is 1.00 bits per heavy atom. The number of hydrogen-bond donors (Lipinski definition) is 2. The summed E-state index contributed by atoms with van der Waals surface area (Å²) in [5.74, 6) is -0.917. The van der Waals surface area contributed by atoms with Gasteiger partial charge in [-0.2, -0.15) is 4.98 Å². The van der Waals surface area contributed by atoms with E-state index in [2.05, 4.69) is 15.3 Å². The fourth-order valence-corrected chi connectivity index (χ4v) is 1.87. The Morgan fingerprint density at radius 3 is 2.52 bits per heavy atom. The number of aromatic nitrogens is 2. The van der Waals surface area contributed by atoms with Gasteiger partial charge in [0.2, 0.25) is 5.95 Å². The number of para-hydroxylation sites is 1. The molecule has 3 rings (SSSR count). The summed E-state index contributed by atoms with van der Waals surface area (Å²) in [4.78, 5) is 8.29. The Balaban J connectivity index is 0.00000161. The van der Waals surface area contributed by atoms with Crippen LogP contribution in [0.15, 0.2) is 42.5 Å². The zero-order valence-electron chi connectivity index (χ0n) is 10.7. The molecule has 0 amide bonds. The monoisotopic (exact) mass is 308 g/mol. The highest BCUT2D eigenvalue weighted by Crippen LogP contribution is 2.22. The van der Waals surface area contributed by atoms with Crippen LogP contribution < -0.4 is 11.1 Å². The Kier molecular flexibility index (Phi) is 4.18. The average molecular weight is 309 g/mol. The van der Waals surface area contributed by atoms with E-state index in [4.69, 9.17) is 5.73 Å². The molecule has 0 saturated heterocycles. The van der Waals surface area contributed by atoms with Crippen molar-refractivity contribution in [3.63, 3.8) is 0 Å². The molecule has 0 unspecified atom stereocenters. The van der Waals surface area contributed by atoms with Crippen LogP contribution in [0.2, 0.25) is 0 Å². The first kappa shape index (κ1) is 14.9. The van der Waals surface area contributed by atoms with Gasteiger partial charge in [-0.3, -0.25) is 0 Å². The summed E-state index contributed by atoms with van der Waals surface area (Å²) < 4.78 is 26.4. The summed E-state index contributed by atoms with van der Waals surface area (Å²) in [6, 6.07) is 10.4. The SMILES string of the molecule is Cl.Nc1nc(Nc2ccc(F)cc2F)nc2ccccc12. The van der Waals surface area contributed by atoms with Gasteiger partial charge in [-0.1, -0.05) is 12.1 Å². The summed E-state index contributed by atoms with van der Waals surface area (Å²) >= 11 is 0. The Labute approximate surface area is 125 Å². The largest absolute Gasteiger partial charge is 0.383 e. The molecule has 0 bridgehead atoms. The number of nitrogen functional groups attached to an aromatic ring is 1. The van der Waals surface area contributed by atoms with Crippen LogP contribution in [0.5, 0.6) is 0 Å². The van der Waals surface area contributed by atoms with Crippen LogP contribution in [0.3, 0.4) is 0 Å². The topological polar surface area (TPSA) is 63.8 Å². The van der Waals surface area contributed by atoms with E-state index in [9.17, 15) is 8.78 Å². The summed E-state index contributed by atoms with van der Waals surface area (Å²) in [6.07, 6.45) is 0. The second-order valence-electron chi connectivity index (χ2n) is 4.20. The lowest BCUT2D eigenvalue weighted by Gasteiger charge is -2.08. The van der Waals surface area contributed by atoms with Gasteiger partial charge in [0, 0.05) is 11.5 Å². The number of anilines is 3. The van der Waals surface area contributed by atoms with Crippen molar-refractivity contribution in [3.8, 4) is 0 Å². The predicted molar refractivity (Wildman–Crippen MR) is 80.8 cm³/mol. The van der Waals surface area contributed by atoms with Crippen LogP contribution in [-0.4, -0.2) is 9.97 Å². The molecule has 1 heterocycles. The third-order valence-electron chi connectivity index (χ3n) is 2.81. The lowest BCUT2D eigenvalue weighted by atomic mass is 10.2. The number of nitrogens with zero attached hydrogens (tertiary/aromatic N) is 2. The fraction of sp³-hybridized carbons (Fsp3) is 0. The van der Waals surface area contributed by atoms with Crippen molar-refractivity contribution >= 4 is 40.8 Å². The van der Waals surface area contributed by atoms with Crippen molar-refractivity contribution in [1.82, 2.24) is 9.97 Å². The highest BCUT2D eigenvalue weighted by Gasteiger charge is 2.08. The van der Waals surface area contributed by atoms with E-state index in [0.717, 1.165) is 17.5 Å². The molecule has 0 atom stereocenters. The standard InChI is InChI=1S/C14H10F2N4.ClH/c15-8-5-6-12(10(16)7-8)19-14-18-11-4-2-1-3-9(11)13(17)20-14;/h1-7H,(H3,17,18,19,20);1H. The van der Waals surface area contributed by atoms with Crippen molar-refractivity contribution in [2.75, 3.05) is 11.1 Å². The Morgan fingerprint density at radius 2 is 1.76 bits per heavy atom. The van der Waals surface area contributed by atoms with Gasteiger partial charge in [-0.15, -0.1) is 12.4 Å². The molecule has 108 valence electrons. The van der Waals surface area contributed by atoms with Crippen LogP contribution in [0.25, 0.3) is 10.9 Å². The molecule has 0 aliphatic heterocycles. The maximum absolute atomic E-state index is 13.6. The zero-order valence-corrected chi connectivity index (χ0v) is 11.5. The first-order chi connectivity index (χ1) is 9.63. The van der Waals surface area contributed by atoms with Crippen molar-refractivity contribution in [1.29, 1.82) is 0 Å². The van der Waals surface area contributed by atoms with Gasteiger partial charge in [0.25, 0.3) is 0 Å². The van der Waals surface area contributed by atoms with Gasteiger partial charge in [0.05, 0.1) is 11.2 Å². The van der Waals surface area contributed by atoms with Gasteiger partial charge in [-0.25, -0.2) is 13.8 Å². The molecule has 3 N–H and O–H groups in total. The number of nitrogens with two attached hydrogens (primary N) is 1. The van der Waals surface area contributed by atoms with Crippen LogP contribution in [0.4, 0.5) is 26.2 Å². The normalized spacial score (nSPS) is 10.2. The maximum atomic E-state index is 13.6. The summed E-state index contributed by atoms with van der Waals surface area (Å²) in [5.41, 5.74) is 6.56. The molecule has 2 aromatic carbocycles. The summed E-state index contributed by atoms with van der Waals surface area (Å²) in [7, 11) is 0. The smallest absolute Gasteiger partial charge is 0.229 e. The molecule has 21 heavy (non-hydrogen) atoms. The van der Waals surface area contributed by atoms with Gasteiger partial charge in [0.1, 0.15) is 17.5 Å². The van der Waals surface area contributed by atoms with Crippen LogP contribution in [0, 0.1) is 11.6 Å². The van der Waals surface area contributed by atoms with E-state index in [1.807, 2.05) is 12.1 Å². The Hall–Kier alpha value is -2.47. The van der Waals surface area contributed by atoms with Gasteiger partial charge in [0.15, 0.2) is 0 Å². The second kappa shape index (κ2) is 5.88. The zero-order chi connectivity index (χ0) is 14.1. The van der Waals surface area contributed by atoms with Gasteiger partial charge >= 0.3 is 0 Å². The minimum Gasteiger partial charge on any atom is -0.383 e.